The van der Waals surface area contributed by atoms with E-state index in [1.54, 1.807) is 6.92 Å². The second-order valence-corrected chi connectivity index (χ2v) is 4.11. The second-order valence-electron chi connectivity index (χ2n) is 4.11. The number of benzene rings is 1. The Morgan fingerprint density at radius 3 is 2.50 bits per heavy atom. The third-order valence-electron chi connectivity index (χ3n) is 2.27. The maximum absolute atomic E-state index is 11.6. The summed E-state index contributed by atoms with van der Waals surface area (Å²) >= 11 is 0. The van der Waals surface area contributed by atoms with Gasteiger partial charge in [-0.3, -0.25) is 0 Å². The van der Waals surface area contributed by atoms with Crippen LogP contribution in [0.25, 0.3) is 0 Å². The molecule has 4 heteroatoms. The van der Waals surface area contributed by atoms with Gasteiger partial charge in [0.15, 0.2) is 5.71 Å². The Hall–Kier alpha value is -1.84. The van der Waals surface area contributed by atoms with E-state index < -0.39 is 5.97 Å². The zero-order valence-electron chi connectivity index (χ0n) is 11.1. The van der Waals surface area contributed by atoms with Gasteiger partial charge in [0.25, 0.3) is 0 Å². The zero-order valence-corrected chi connectivity index (χ0v) is 11.1. The van der Waals surface area contributed by atoms with Crippen LogP contribution in [0, 0.1) is 5.92 Å². The highest BCUT2D eigenvalue weighted by Crippen LogP contribution is 2.04. The fourth-order valence-electron chi connectivity index (χ4n) is 1.33. The van der Waals surface area contributed by atoms with Crippen molar-refractivity contribution in [2.24, 2.45) is 11.1 Å². The minimum Gasteiger partial charge on any atom is -0.461 e. The van der Waals surface area contributed by atoms with Gasteiger partial charge in [0.05, 0.1) is 6.61 Å². The Kier molecular flexibility index (Phi) is 5.91. The first kappa shape index (κ1) is 14.2. The number of hydrogen-bond donors (Lipinski definition) is 0. The Morgan fingerprint density at radius 2 is 1.94 bits per heavy atom. The van der Waals surface area contributed by atoms with E-state index in [1.165, 1.54) is 0 Å². The highest BCUT2D eigenvalue weighted by molar-refractivity contribution is 6.36. The van der Waals surface area contributed by atoms with Crippen molar-refractivity contribution in [3.05, 3.63) is 35.9 Å². The molecule has 0 heterocycles. The molecule has 1 rings (SSSR count). The molecular weight excluding hydrogens is 230 g/mol. The molecule has 0 saturated carbocycles. The minimum atomic E-state index is -0.416. The number of carbonyl (C=O) groups is 1. The van der Waals surface area contributed by atoms with Crippen molar-refractivity contribution in [1.29, 1.82) is 0 Å². The molecule has 0 N–H and O–H groups in total. The molecule has 1 aromatic carbocycles. The van der Waals surface area contributed by atoms with Gasteiger partial charge < -0.3 is 9.57 Å². The van der Waals surface area contributed by atoms with Crippen LogP contribution in [0.5, 0.6) is 0 Å². The normalized spacial score (nSPS) is 11.4. The molecule has 0 radical (unpaired) electrons. The molecule has 0 unspecified atom stereocenters. The third kappa shape index (κ3) is 4.57. The molecule has 0 aliphatic heterocycles. The van der Waals surface area contributed by atoms with Gasteiger partial charge >= 0.3 is 5.97 Å². The van der Waals surface area contributed by atoms with Crippen LogP contribution in [-0.2, 0) is 21.0 Å². The first-order valence-corrected chi connectivity index (χ1v) is 6.06. The average Bonchev–Trinajstić information content (AvgIpc) is 2.35. The molecule has 0 saturated heterocycles. The second kappa shape index (κ2) is 7.48. The first-order chi connectivity index (χ1) is 8.65. The van der Waals surface area contributed by atoms with Crippen LogP contribution in [0.15, 0.2) is 35.5 Å². The fourth-order valence-corrected chi connectivity index (χ4v) is 1.33. The smallest absolute Gasteiger partial charge is 0.356 e. The van der Waals surface area contributed by atoms with E-state index in [0.29, 0.717) is 18.9 Å². The monoisotopic (exact) mass is 249 g/mol. The van der Waals surface area contributed by atoms with Crippen molar-refractivity contribution in [3.8, 4) is 0 Å². The molecule has 0 aliphatic carbocycles. The first-order valence-electron chi connectivity index (χ1n) is 6.06. The zero-order chi connectivity index (χ0) is 13.4. The number of esters is 1. The van der Waals surface area contributed by atoms with Gasteiger partial charge in [0, 0.05) is 5.92 Å². The van der Waals surface area contributed by atoms with E-state index in [-0.39, 0.29) is 5.92 Å². The van der Waals surface area contributed by atoms with Crippen LogP contribution in [0.3, 0.4) is 0 Å². The molecule has 0 aromatic heterocycles. The molecule has 0 spiro atoms. The number of ether oxygens (including phenoxy) is 1. The Balaban J connectivity index is 2.58. The average molecular weight is 249 g/mol. The summed E-state index contributed by atoms with van der Waals surface area (Å²) < 4.78 is 4.92. The van der Waals surface area contributed by atoms with Gasteiger partial charge in [-0.1, -0.05) is 49.3 Å². The van der Waals surface area contributed by atoms with Crippen molar-refractivity contribution >= 4 is 11.7 Å². The van der Waals surface area contributed by atoms with Crippen molar-refractivity contribution in [2.45, 2.75) is 27.4 Å². The molecule has 4 nitrogen and oxygen atoms in total. The van der Waals surface area contributed by atoms with Crippen LogP contribution < -0.4 is 0 Å². The lowest BCUT2D eigenvalue weighted by atomic mass is 10.1. The topological polar surface area (TPSA) is 47.9 Å². The molecule has 18 heavy (non-hydrogen) atoms. The van der Waals surface area contributed by atoms with Gasteiger partial charge in [-0.05, 0) is 12.5 Å². The Labute approximate surface area is 108 Å². The van der Waals surface area contributed by atoms with E-state index in [2.05, 4.69) is 5.16 Å². The van der Waals surface area contributed by atoms with E-state index in [0.717, 1.165) is 5.56 Å². The van der Waals surface area contributed by atoms with Crippen molar-refractivity contribution in [3.63, 3.8) is 0 Å². The largest absolute Gasteiger partial charge is 0.461 e. The van der Waals surface area contributed by atoms with Crippen LogP contribution in [0.1, 0.15) is 26.3 Å². The van der Waals surface area contributed by atoms with Gasteiger partial charge in [0.2, 0.25) is 0 Å². The van der Waals surface area contributed by atoms with Crippen LogP contribution in [0.4, 0.5) is 0 Å². The lowest BCUT2D eigenvalue weighted by molar-refractivity contribution is -0.135. The highest BCUT2D eigenvalue weighted by Gasteiger charge is 2.17. The number of rotatable bonds is 6. The van der Waals surface area contributed by atoms with Crippen molar-refractivity contribution in [1.82, 2.24) is 0 Å². The lowest BCUT2D eigenvalue weighted by Gasteiger charge is -2.08. The summed E-state index contributed by atoms with van der Waals surface area (Å²) in [5, 5.41) is 3.88. The number of carbonyl (C=O) groups excluding carboxylic acids is 1. The predicted octanol–water partition coefficient (Wildman–Crippen LogP) is 2.78. The molecule has 98 valence electrons. The minimum absolute atomic E-state index is 0.0279. The molecular formula is C14H19NO3. The van der Waals surface area contributed by atoms with E-state index in [4.69, 9.17) is 9.57 Å². The standard InChI is InChI=1S/C14H19NO3/c1-4-17-14(16)13(11(2)3)15-18-10-12-8-6-5-7-9-12/h5-9,11H,4,10H2,1-3H3/b15-13+. The maximum atomic E-state index is 11.6. The Bertz CT molecular complexity index is 399. The summed E-state index contributed by atoms with van der Waals surface area (Å²) in [7, 11) is 0. The summed E-state index contributed by atoms with van der Waals surface area (Å²) in [5.41, 5.74) is 1.32. The van der Waals surface area contributed by atoms with Crippen molar-refractivity contribution < 1.29 is 14.4 Å². The maximum Gasteiger partial charge on any atom is 0.356 e. The summed E-state index contributed by atoms with van der Waals surface area (Å²) in [6.07, 6.45) is 0. The van der Waals surface area contributed by atoms with E-state index in [9.17, 15) is 4.79 Å². The summed E-state index contributed by atoms with van der Waals surface area (Å²) in [6.45, 7) is 6.20. The Morgan fingerprint density at radius 1 is 1.28 bits per heavy atom. The SMILES string of the molecule is CCOC(=O)/C(=N/OCc1ccccc1)C(C)C. The van der Waals surface area contributed by atoms with Crippen LogP contribution in [0.2, 0.25) is 0 Å². The third-order valence-corrected chi connectivity index (χ3v) is 2.27. The van der Waals surface area contributed by atoms with E-state index in [1.807, 2.05) is 44.2 Å². The van der Waals surface area contributed by atoms with Crippen molar-refractivity contribution in [2.75, 3.05) is 6.61 Å². The number of hydrogen-bond acceptors (Lipinski definition) is 4. The van der Waals surface area contributed by atoms with Crippen LogP contribution in [-0.4, -0.2) is 18.3 Å². The summed E-state index contributed by atoms with van der Waals surface area (Å²) in [6, 6.07) is 9.67. The molecule has 0 fully saturated rings. The summed E-state index contributed by atoms with van der Waals surface area (Å²) in [5.74, 6) is -0.444. The fraction of sp³-hybridized carbons (Fsp3) is 0.429. The van der Waals surface area contributed by atoms with Gasteiger partial charge in [0.1, 0.15) is 6.61 Å². The molecule has 0 bridgehead atoms. The van der Waals surface area contributed by atoms with Crippen LogP contribution >= 0.6 is 0 Å². The lowest BCUT2D eigenvalue weighted by Crippen LogP contribution is -2.23. The van der Waals surface area contributed by atoms with Gasteiger partial charge in [-0.2, -0.15) is 0 Å². The number of nitrogens with zero attached hydrogens (tertiary/aromatic N) is 1. The number of oxime groups is 1. The molecule has 0 aliphatic rings. The highest BCUT2D eigenvalue weighted by atomic mass is 16.6. The van der Waals surface area contributed by atoms with Gasteiger partial charge in [-0.25, -0.2) is 4.79 Å². The summed E-state index contributed by atoms with van der Waals surface area (Å²) in [4.78, 5) is 16.8. The predicted molar refractivity (Wildman–Crippen MR) is 70.1 cm³/mol. The quantitative estimate of drug-likeness (QED) is 0.442. The molecule has 1 aromatic rings. The molecule has 0 amide bonds. The van der Waals surface area contributed by atoms with Gasteiger partial charge in [-0.15, -0.1) is 0 Å². The van der Waals surface area contributed by atoms with E-state index >= 15 is 0 Å². The molecule has 0 atom stereocenters.